The van der Waals surface area contributed by atoms with Crippen LogP contribution in [0.1, 0.15) is 13.8 Å². The maximum Gasteiger partial charge on any atom is 0.246 e. The molecule has 0 aliphatic rings. The first-order chi connectivity index (χ1) is 12.4. The molecule has 0 saturated heterocycles. The van der Waals surface area contributed by atoms with E-state index in [0.29, 0.717) is 22.9 Å². The minimum atomic E-state index is -0.652. The molecular formula is C19H22N2O5. The number of anilines is 1. The molecule has 2 aromatic carbocycles. The minimum absolute atomic E-state index is 0.272. The second-order valence-corrected chi connectivity index (χ2v) is 5.55. The van der Waals surface area contributed by atoms with Crippen molar-refractivity contribution in [1.29, 1.82) is 0 Å². The summed E-state index contributed by atoms with van der Waals surface area (Å²) in [6, 6.07) is 11.5. The van der Waals surface area contributed by atoms with Gasteiger partial charge in [0.1, 0.15) is 17.5 Å². The summed E-state index contributed by atoms with van der Waals surface area (Å²) in [6.45, 7) is 2.97. The highest BCUT2D eigenvalue weighted by Crippen LogP contribution is 2.34. The molecule has 0 aromatic heterocycles. The van der Waals surface area contributed by atoms with Gasteiger partial charge in [-0.3, -0.25) is 9.59 Å². The van der Waals surface area contributed by atoms with Crippen molar-refractivity contribution in [3.05, 3.63) is 42.5 Å². The summed E-state index contributed by atoms with van der Waals surface area (Å²) in [5.41, 5.74) is 0.525. The van der Waals surface area contributed by atoms with Gasteiger partial charge in [0.2, 0.25) is 11.8 Å². The first-order valence-electron chi connectivity index (χ1n) is 8.01. The Morgan fingerprint density at radius 1 is 0.923 bits per heavy atom. The Bertz CT molecular complexity index is 774. The van der Waals surface area contributed by atoms with Gasteiger partial charge in [-0.2, -0.15) is 0 Å². The Labute approximate surface area is 152 Å². The van der Waals surface area contributed by atoms with Gasteiger partial charge >= 0.3 is 0 Å². The normalized spacial score (nSPS) is 11.2. The fraction of sp³-hybridized carbons (Fsp3) is 0.263. The number of hydrogen-bond acceptors (Lipinski definition) is 5. The monoisotopic (exact) mass is 358 g/mol. The van der Waals surface area contributed by atoms with E-state index in [1.807, 2.05) is 0 Å². The lowest BCUT2D eigenvalue weighted by molar-refractivity contribution is -0.124. The number of ether oxygens (including phenoxy) is 3. The smallest absolute Gasteiger partial charge is 0.246 e. The van der Waals surface area contributed by atoms with Gasteiger partial charge in [-0.15, -0.1) is 0 Å². The lowest BCUT2D eigenvalue weighted by Gasteiger charge is -2.15. The molecule has 0 aliphatic heterocycles. The fourth-order valence-corrected chi connectivity index (χ4v) is 2.23. The quantitative estimate of drug-likeness (QED) is 0.795. The zero-order valence-electron chi connectivity index (χ0n) is 15.2. The summed E-state index contributed by atoms with van der Waals surface area (Å²) in [4.78, 5) is 23.2. The van der Waals surface area contributed by atoms with E-state index in [0.717, 1.165) is 5.75 Å². The molecule has 0 bridgehead atoms. The summed E-state index contributed by atoms with van der Waals surface area (Å²) in [5.74, 6) is 1.68. The number of carbonyl (C=O) groups excluding carboxylic acids is 2. The van der Waals surface area contributed by atoms with Crippen molar-refractivity contribution < 1.29 is 23.8 Å². The molecule has 2 aromatic rings. The molecule has 0 unspecified atom stereocenters. The summed E-state index contributed by atoms with van der Waals surface area (Å²) in [7, 11) is 3.13. The van der Waals surface area contributed by atoms with Gasteiger partial charge < -0.3 is 24.8 Å². The molecule has 7 nitrogen and oxygen atoms in total. The molecule has 2 rings (SSSR count). The van der Waals surface area contributed by atoms with Crippen LogP contribution in [-0.4, -0.2) is 32.1 Å². The topological polar surface area (TPSA) is 85.9 Å². The van der Waals surface area contributed by atoms with Crippen molar-refractivity contribution in [1.82, 2.24) is 5.32 Å². The Morgan fingerprint density at radius 2 is 1.58 bits per heavy atom. The van der Waals surface area contributed by atoms with E-state index < -0.39 is 6.04 Å². The van der Waals surface area contributed by atoms with Crippen LogP contribution < -0.4 is 24.8 Å². The van der Waals surface area contributed by atoms with Crippen molar-refractivity contribution in [2.75, 3.05) is 19.5 Å². The number of hydrogen-bond donors (Lipinski definition) is 2. The Balaban J connectivity index is 2.16. The van der Waals surface area contributed by atoms with E-state index in [9.17, 15) is 9.59 Å². The third kappa shape index (κ3) is 5.14. The Hall–Kier alpha value is -3.22. The van der Waals surface area contributed by atoms with Crippen molar-refractivity contribution in [2.45, 2.75) is 19.9 Å². The molecule has 2 amide bonds. The van der Waals surface area contributed by atoms with Crippen molar-refractivity contribution in [3.8, 4) is 23.0 Å². The van der Waals surface area contributed by atoms with Crippen LogP contribution >= 0.6 is 0 Å². The molecule has 0 spiro atoms. The number of methoxy groups -OCH3 is 2. The average Bonchev–Trinajstić information content (AvgIpc) is 2.62. The first-order valence-corrected chi connectivity index (χ1v) is 8.01. The lowest BCUT2D eigenvalue weighted by atomic mass is 10.2. The zero-order valence-corrected chi connectivity index (χ0v) is 15.2. The molecule has 1 atom stereocenters. The maximum atomic E-state index is 12.1. The van der Waals surface area contributed by atoms with Crippen LogP contribution in [0.2, 0.25) is 0 Å². The first kappa shape index (κ1) is 19.1. The van der Waals surface area contributed by atoms with Gasteiger partial charge in [-0.1, -0.05) is 0 Å². The van der Waals surface area contributed by atoms with Gasteiger partial charge in [-0.05, 0) is 43.3 Å². The molecule has 0 saturated carbocycles. The third-order valence-electron chi connectivity index (χ3n) is 3.53. The molecule has 26 heavy (non-hydrogen) atoms. The zero-order chi connectivity index (χ0) is 19.1. The molecule has 138 valence electrons. The van der Waals surface area contributed by atoms with Gasteiger partial charge in [0, 0.05) is 18.7 Å². The van der Waals surface area contributed by atoms with E-state index in [4.69, 9.17) is 14.2 Å². The standard InChI is InChI=1S/C19H22N2O5/c1-12(20-13(2)22)19(23)21-14-5-10-17(25-4)18(11-14)26-16-8-6-15(24-3)7-9-16/h5-12H,1-4H3,(H,20,22)(H,21,23)/t12-/m1/s1. The Kier molecular flexibility index (Phi) is 6.43. The third-order valence-corrected chi connectivity index (χ3v) is 3.53. The van der Waals surface area contributed by atoms with Crippen molar-refractivity contribution >= 4 is 17.5 Å². The van der Waals surface area contributed by atoms with E-state index in [1.54, 1.807) is 56.5 Å². The van der Waals surface area contributed by atoms with E-state index >= 15 is 0 Å². The molecule has 0 aliphatic carbocycles. The van der Waals surface area contributed by atoms with Crippen molar-refractivity contribution in [2.24, 2.45) is 0 Å². The van der Waals surface area contributed by atoms with Gasteiger partial charge in [0.05, 0.1) is 14.2 Å². The predicted octanol–water partition coefficient (Wildman–Crippen LogP) is 2.96. The van der Waals surface area contributed by atoms with Gasteiger partial charge in [-0.25, -0.2) is 0 Å². The van der Waals surface area contributed by atoms with Gasteiger partial charge in [0.25, 0.3) is 0 Å². The van der Waals surface area contributed by atoms with E-state index in [-0.39, 0.29) is 11.8 Å². The van der Waals surface area contributed by atoms with Crippen LogP contribution in [0.25, 0.3) is 0 Å². The second kappa shape index (κ2) is 8.75. The number of benzene rings is 2. The summed E-state index contributed by atoms with van der Waals surface area (Å²) in [6.07, 6.45) is 0. The van der Waals surface area contributed by atoms with Crippen LogP contribution in [0.4, 0.5) is 5.69 Å². The molecule has 0 radical (unpaired) electrons. The predicted molar refractivity (Wildman–Crippen MR) is 98.0 cm³/mol. The van der Waals surface area contributed by atoms with E-state index in [2.05, 4.69) is 10.6 Å². The minimum Gasteiger partial charge on any atom is -0.497 e. The fourth-order valence-electron chi connectivity index (χ4n) is 2.23. The van der Waals surface area contributed by atoms with Crippen molar-refractivity contribution in [3.63, 3.8) is 0 Å². The average molecular weight is 358 g/mol. The van der Waals surface area contributed by atoms with Crippen LogP contribution in [0.5, 0.6) is 23.0 Å². The number of amides is 2. The number of rotatable bonds is 7. The molecule has 7 heteroatoms. The highest BCUT2D eigenvalue weighted by atomic mass is 16.5. The summed E-state index contributed by atoms with van der Waals surface area (Å²) >= 11 is 0. The second-order valence-electron chi connectivity index (χ2n) is 5.55. The molecule has 0 heterocycles. The largest absolute Gasteiger partial charge is 0.497 e. The number of nitrogens with one attached hydrogen (secondary N) is 2. The summed E-state index contributed by atoms with van der Waals surface area (Å²) in [5, 5.41) is 5.27. The van der Waals surface area contributed by atoms with Crippen LogP contribution in [0, 0.1) is 0 Å². The van der Waals surface area contributed by atoms with Crippen LogP contribution in [-0.2, 0) is 9.59 Å². The molecular weight excluding hydrogens is 336 g/mol. The molecule has 2 N–H and O–H groups in total. The maximum absolute atomic E-state index is 12.1. The van der Waals surface area contributed by atoms with E-state index in [1.165, 1.54) is 14.0 Å². The van der Waals surface area contributed by atoms with Crippen LogP contribution in [0.15, 0.2) is 42.5 Å². The van der Waals surface area contributed by atoms with Crippen LogP contribution in [0.3, 0.4) is 0 Å². The SMILES string of the molecule is COc1ccc(Oc2cc(NC(=O)[C@@H](C)NC(C)=O)ccc2OC)cc1. The molecule has 0 fully saturated rings. The van der Waals surface area contributed by atoms with Gasteiger partial charge in [0.15, 0.2) is 11.5 Å². The lowest BCUT2D eigenvalue weighted by Crippen LogP contribution is -2.40. The summed E-state index contributed by atoms with van der Waals surface area (Å²) < 4.78 is 16.3. The highest BCUT2D eigenvalue weighted by Gasteiger charge is 2.15. The highest BCUT2D eigenvalue weighted by molar-refractivity contribution is 5.96. The Morgan fingerprint density at radius 3 is 2.15 bits per heavy atom. The number of carbonyl (C=O) groups is 2.